The molecule has 8 nitrogen and oxygen atoms in total. The minimum atomic E-state index is -1.32. The van der Waals surface area contributed by atoms with Crippen molar-refractivity contribution in [1.29, 1.82) is 0 Å². The number of nitrogens with two attached hydrogens (primary N) is 1. The zero-order valence-corrected chi connectivity index (χ0v) is 18.4. The second kappa shape index (κ2) is 9.97. The van der Waals surface area contributed by atoms with Gasteiger partial charge in [-0.2, -0.15) is 0 Å². The Labute approximate surface area is 189 Å². The van der Waals surface area contributed by atoms with Gasteiger partial charge in [-0.1, -0.05) is 24.3 Å². The van der Waals surface area contributed by atoms with Crippen molar-refractivity contribution in [3.05, 3.63) is 71.1 Å². The lowest BCUT2D eigenvalue weighted by Crippen LogP contribution is -2.42. The van der Waals surface area contributed by atoms with Crippen LogP contribution < -0.4 is 21.7 Å². The smallest absolute Gasteiger partial charge is 0.405 e. The van der Waals surface area contributed by atoms with Gasteiger partial charge in [0.1, 0.15) is 6.04 Å². The number of anilines is 2. The van der Waals surface area contributed by atoms with Gasteiger partial charge in [0.15, 0.2) is 0 Å². The van der Waals surface area contributed by atoms with Crippen LogP contribution in [-0.2, 0) is 4.79 Å². The number of nitrogens with one attached hydrogen (secondary N) is 3. The third kappa shape index (κ3) is 5.64. The number of benzene rings is 2. The zero-order chi connectivity index (χ0) is 23.3. The maximum atomic E-state index is 12.7. The molecule has 0 aliphatic rings. The molecular weight excluding hydrogens is 428 g/mol. The molecule has 0 bridgehead atoms. The molecule has 3 rings (SSSR count). The molecule has 1 aromatic heterocycles. The number of hydrogen-bond acceptors (Lipinski definition) is 5. The first kappa shape index (κ1) is 22.8. The molecule has 2 aromatic carbocycles. The van der Waals surface area contributed by atoms with Crippen LogP contribution in [0.2, 0.25) is 0 Å². The predicted octanol–water partition coefficient (Wildman–Crippen LogP) is 4.08. The molecule has 9 heteroatoms. The SMILES string of the molecule is CC(C)NC(=O)C(NC(=O)O)c1ccc(C(=O)Nc2cc(-c3cccs3)ccc2N)cc1. The zero-order valence-electron chi connectivity index (χ0n) is 17.6. The summed E-state index contributed by atoms with van der Waals surface area (Å²) in [5, 5.41) is 18.8. The van der Waals surface area contributed by atoms with E-state index in [2.05, 4.69) is 16.0 Å². The van der Waals surface area contributed by atoms with Crippen molar-refractivity contribution in [1.82, 2.24) is 10.6 Å². The highest BCUT2D eigenvalue weighted by molar-refractivity contribution is 7.13. The van der Waals surface area contributed by atoms with Crippen LogP contribution in [0.5, 0.6) is 0 Å². The van der Waals surface area contributed by atoms with Gasteiger partial charge in [0.05, 0.1) is 11.4 Å². The predicted molar refractivity (Wildman–Crippen MR) is 126 cm³/mol. The van der Waals surface area contributed by atoms with Crippen LogP contribution in [0.25, 0.3) is 10.4 Å². The van der Waals surface area contributed by atoms with Gasteiger partial charge in [0, 0.05) is 16.5 Å². The van der Waals surface area contributed by atoms with E-state index >= 15 is 0 Å². The molecule has 3 aromatic rings. The monoisotopic (exact) mass is 452 g/mol. The van der Waals surface area contributed by atoms with Crippen LogP contribution in [0.1, 0.15) is 35.8 Å². The average molecular weight is 453 g/mol. The molecule has 32 heavy (non-hydrogen) atoms. The number of nitrogen functional groups attached to an aromatic ring is 1. The standard InChI is InChI=1S/C23H24N4O4S/c1-13(2)25-22(29)20(27-23(30)31)14-5-7-15(8-6-14)21(28)26-18-12-16(9-10-17(18)24)19-4-3-11-32-19/h3-13,20,27H,24H2,1-2H3,(H,25,29)(H,26,28)(H,30,31). The summed E-state index contributed by atoms with van der Waals surface area (Å²) < 4.78 is 0. The van der Waals surface area contributed by atoms with E-state index in [1.165, 1.54) is 12.1 Å². The summed E-state index contributed by atoms with van der Waals surface area (Å²) in [5.74, 6) is -0.848. The average Bonchev–Trinajstić information content (AvgIpc) is 3.28. The first-order chi connectivity index (χ1) is 15.2. The molecule has 3 amide bonds. The molecule has 1 unspecified atom stereocenters. The fourth-order valence-corrected chi connectivity index (χ4v) is 3.80. The Bertz CT molecular complexity index is 1110. The van der Waals surface area contributed by atoms with E-state index in [9.17, 15) is 14.4 Å². The number of amides is 3. The number of carbonyl (C=O) groups is 3. The van der Waals surface area contributed by atoms with Gasteiger partial charge in [0.2, 0.25) is 5.91 Å². The van der Waals surface area contributed by atoms with Crippen LogP contribution >= 0.6 is 11.3 Å². The van der Waals surface area contributed by atoms with Gasteiger partial charge in [-0.15, -0.1) is 11.3 Å². The summed E-state index contributed by atoms with van der Waals surface area (Å²) in [6, 6.07) is 14.3. The van der Waals surface area contributed by atoms with E-state index in [0.717, 1.165) is 10.4 Å². The Morgan fingerprint density at radius 2 is 1.72 bits per heavy atom. The Morgan fingerprint density at radius 1 is 1.00 bits per heavy atom. The summed E-state index contributed by atoms with van der Waals surface area (Å²) in [7, 11) is 0. The molecule has 0 aliphatic carbocycles. The van der Waals surface area contributed by atoms with Gasteiger partial charge < -0.3 is 26.8 Å². The van der Waals surface area contributed by atoms with Crippen LogP contribution in [-0.4, -0.2) is 29.1 Å². The molecule has 0 saturated heterocycles. The Hall–Kier alpha value is -3.85. The maximum Gasteiger partial charge on any atom is 0.405 e. The van der Waals surface area contributed by atoms with Crippen LogP contribution in [0, 0.1) is 0 Å². The molecule has 0 saturated carbocycles. The second-order valence-electron chi connectivity index (χ2n) is 7.40. The van der Waals surface area contributed by atoms with E-state index in [0.29, 0.717) is 22.5 Å². The third-order valence-electron chi connectivity index (χ3n) is 4.57. The maximum absolute atomic E-state index is 12.7. The summed E-state index contributed by atoms with van der Waals surface area (Å²) in [5.41, 5.74) is 8.66. The number of carbonyl (C=O) groups excluding carboxylic acids is 2. The highest BCUT2D eigenvalue weighted by Gasteiger charge is 2.23. The number of carboxylic acid groups (broad SMARTS) is 1. The van der Waals surface area contributed by atoms with Gasteiger partial charge in [0.25, 0.3) is 5.91 Å². The molecule has 0 spiro atoms. The van der Waals surface area contributed by atoms with Gasteiger partial charge in [-0.05, 0) is 60.7 Å². The highest BCUT2D eigenvalue weighted by atomic mass is 32.1. The molecule has 0 fully saturated rings. The molecule has 0 radical (unpaired) electrons. The Balaban J connectivity index is 1.78. The van der Waals surface area contributed by atoms with E-state index in [1.807, 2.05) is 29.6 Å². The fourth-order valence-electron chi connectivity index (χ4n) is 3.07. The minimum Gasteiger partial charge on any atom is -0.465 e. The Kier molecular flexibility index (Phi) is 7.11. The van der Waals surface area contributed by atoms with E-state index in [4.69, 9.17) is 10.8 Å². The van der Waals surface area contributed by atoms with Crippen molar-refractivity contribution < 1.29 is 19.5 Å². The van der Waals surface area contributed by atoms with Crippen molar-refractivity contribution >= 4 is 40.6 Å². The quantitative estimate of drug-likeness (QED) is 0.344. The molecule has 166 valence electrons. The van der Waals surface area contributed by atoms with Crippen molar-refractivity contribution in [3.8, 4) is 10.4 Å². The van der Waals surface area contributed by atoms with Crippen molar-refractivity contribution in [3.63, 3.8) is 0 Å². The lowest BCUT2D eigenvalue weighted by atomic mass is 10.0. The lowest BCUT2D eigenvalue weighted by molar-refractivity contribution is -0.123. The number of thiophene rings is 1. The minimum absolute atomic E-state index is 0.152. The molecule has 1 heterocycles. The van der Waals surface area contributed by atoms with Gasteiger partial charge in [-0.25, -0.2) is 4.79 Å². The second-order valence-corrected chi connectivity index (χ2v) is 8.35. The van der Waals surface area contributed by atoms with Crippen LogP contribution in [0.15, 0.2) is 60.0 Å². The van der Waals surface area contributed by atoms with Crippen LogP contribution in [0.3, 0.4) is 0 Å². The molecular formula is C23H24N4O4S. The van der Waals surface area contributed by atoms with E-state index in [1.54, 1.807) is 43.4 Å². The molecule has 6 N–H and O–H groups in total. The van der Waals surface area contributed by atoms with Crippen molar-refractivity contribution in [2.75, 3.05) is 11.1 Å². The molecule has 0 aliphatic heterocycles. The first-order valence-electron chi connectivity index (χ1n) is 9.89. The van der Waals surface area contributed by atoms with E-state index in [-0.39, 0.29) is 11.9 Å². The number of hydrogen-bond donors (Lipinski definition) is 5. The topological polar surface area (TPSA) is 134 Å². The van der Waals surface area contributed by atoms with Crippen molar-refractivity contribution in [2.24, 2.45) is 0 Å². The summed E-state index contributed by atoms with van der Waals surface area (Å²) in [6.07, 6.45) is -1.32. The summed E-state index contributed by atoms with van der Waals surface area (Å²) in [6.45, 7) is 3.56. The third-order valence-corrected chi connectivity index (χ3v) is 5.49. The largest absolute Gasteiger partial charge is 0.465 e. The summed E-state index contributed by atoms with van der Waals surface area (Å²) >= 11 is 1.59. The van der Waals surface area contributed by atoms with Gasteiger partial charge in [-0.3, -0.25) is 9.59 Å². The van der Waals surface area contributed by atoms with Gasteiger partial charge >= 0.3 is 6.09 Å². The lowest BCUT2D eigenvalue weighted by Gasteiger charge is -2.19. The van der Waals surface area contributed by atoms with Crippen LogP contribution in [0.4, 0.5) is 16.2 Å². The number of rotatable bonds is 7. The van der Waals surface area contributed by atoms with E-state index < -0.39 is 18.0 Å². The highest BCUT2D eigenvalue weighted by Crippen LogP contribution is 2.30. The Morgan fingerprint density at radius 3 is 2.31 bits per heavy atom. The van der Waals surface area contributed by atoms with Crippen molar-refractivity contribution in [2.45, 2.75) is 25.9 Å². The fraction of sp³-hybridized carbons (Fsp3) is 0.174. The normalized spacial score (nSPS) is 11.6. The molecule has 1 atom stereocenters. The first-order valence-corrected chi connectivity index (χ1v) is 10.8. The summed E-state index contributed by atoms with van der Waals surface area (Å²) in [4.78, 5) is 37.3.